The zero-order valence-electron chi connectivity index (χ0n) is 9.76. The first-order chi connectivity index (χ1) is 7.76. The molecule has 0 aliphatic carbocycles. The van der Waals surface area contributed by atoms with Gasteiger partial charge >= 0.3 is 0 Å². The number of benzene rings is 1. The van der Waals surface area contributed by atoms with Crippen LogP contribution in [0.4, 0.5) is 4.39 Å². The lowest BCUT2D eigenvalue weighted by Gasteiger charge is -2.09. The molecule has 4 heteroatoms. The van der Waals surface area contributed by atoms with Crippen molar-refractivity contribution in [3.63, 3.8) is 0 Å². The fourth-order valence-electron chi connectivity index (χ4n) is 1.36. The molecule has 3 nitrogen and oxygen atoms in total. The monoisotopic (exact) mass is 223 g/mol. The molecule has 88 valence electrons. The predicted molar refractivity (Wildman–Crippen MR) is 65.1 cm³/mol. The second-order valence-corrected chi connectivity index (χ2v) is 3.41. The van der Waals surface area contributed by atoms with Gasteiger partial charge in [-0.2, -0.15) is 0 Å². The van der Waals surface area contributed by atoms with E-state index >= 15 is 0 Å². The van der Waals surface area contributed by atoms with Crippen molar-refractivity contribution in [1.29, 1.82) is 0 Å². The van der Waals surface area contributed by atoms with Crippen molar-refractivity contribution in [3.05, 3.63) is 35.6 Å². The van der Waals surface area contributed by atoms with E-state index in [1.54, 1.807) is 19.2 Å². The molecule has 1 aromatic rings. The Balaban J connectivity index is 2.32. The molecule has 2 N–H and O–H groups in total. The van der Waals surface area contributed by atoms with E-state index in [9.17, 15) is 4.39 Å². The molecule has 0 radical (unpaired) electrons. The number of halogens is 1. The number of hydrogen-bond acceptors (Lipinski definition) is 1. The largest absolute Gasteiger partial charge is 0.357 e. The van der Waals surface area contributed by atoms with Crippen molar-refractivity contribution >= 4 is 5.96 Å². The van der Waals surface area contributed by atoms with E-state index in [1.165, 1.54) is 12.1 Å². The first kappa shape index (κ1) is 12.5. The molecule has 0 aliphatic rings. The summed E-state index contributed by atoms with van der Waals surface area (Å²) in [5.74, 6) is 0.602. The molecule has 0 unspecified atom stereocenters. The standard InChI is InChI=1S/C12H18FN3/c1-3-15-12(14-2)16-9-8-10-4-6-11(13)7-5-10/h4-7H,3,8-9H2,1-2H3,(H2,14,15,16). The maximum absolute atomic E-state index is 12.6. The van der Waals surface area contributed by atoms with Gasteiger partial charge in [0.25, 0.3) is 0 Å². The molecule has 0 heterocycles. The highest BCUT2D eigenvalue weighted by atomic mass is 19.1. The summed E-state index contributed by atoms with van der Waals surface area (Å²) >= 11 is 0. The Morgan fingerprint density at radius 1 is 1.25 bits per heavy atom. The van der Waals surface area contributed by atoms with Crippen LogP contribution < -0.4 is 10.6 Å². The van der Waals surface area contributed by atoms with Crippen molar-refractivity contribution in [3.8, 4) is 0 Å². The Hall–Kier alpha value is -1.58. The number of nitrogens with zero attached hydrogens (tertiary/aromatic N) is 1. The normalized spacial score (nSPS) is 11.3. The molecular weight excluding hydrogens is 205 g/mol. The highest BCUT2D eigenvalue weighted by molar-refractivity contribution is 5.79. The Morgan fingerprint density at radius 3 is 2.50 bits per heavy atom. The minimum atomic E-state index is -0.194. The van der Waals surface area contributed by atoms with Gasteiger partial charge in [0.2, 0.25) is 0 Å². The van der Waals surface area contributed by atoms with Crippen LogP contribution in [0.2, 0.25) is 0 Å². The van der Waals surface area contributed by atoms with Crippen LogP contribution in [-0.2, 0) is 6.42 Å². The molecule has 0 saturated carbocycles. The van der Waals surface area contributed by atoms with Crippen molar-refractivity contribution in [2.45, 2.75) is 13.3 Å². The van der Waals surface area contributed by atoms with Gasteiger partial charge in [0.1, 0.15) is 5.82 Å². The highest BCUT2D eigenvalue weighted by Gasteiger charge is 1.96. The first-order valence-electron chi connectivity index (χ1n) is 5.45. The minimum absolute atomic E-state index is 0.194. The summed E-state index contributed by atoms with van der Waals surface area (Å²) < 4.78 is 12.6. The molecule has 0 aromatic heterocycles. The average molecular weight is 223 g/mol. The van der Waals surface area contributed by atoms with Crippen LogP contribution in [0.5, 0.6) is 0 Å². The van der Waals surface area contributed by atoms with Crippen molar-refractivity contribution in [2.75, 3.05) is 20.1 Å². The summed E-state index contributed by atoms with van der Waals surface area (Å²) in [6.45, 7) is 3.65. The van der Waals surface area contributed by atoms with Gasteiger partial charge in [-0.05, 0) is 31.0 Å². The second kappa shape index (κ2) is 6.82. The average Bonchev–Trinajstić information content (AvgIpc) is 2.30. The molecule has 0 aliphatic heterocycles. The first-order valence-corrected chi connectivity index (χ1v) is 5.45. The summed E-state index contributed by atoms with van der Waals surface area (Å²) in [5.41, 5.74) is 1.11. The van der Waals surface area contributed by atoms with Crippen LogP contribution >= 0.6 is 0 Å². The fraction of sp³-hybridized carbons (Fsp3) is 0.417. The topological polar surface area (TPSA) is 36.4 Å². The summed E-state index contributed by atoms with van der Waals surface area (Å²) in [7, 11) is 1.74. The SMILES string of the molecule is CCNC(=NC)NCCc1ccc(F)cc1. The fourth-order valence-corrected chi connectivity index (χ4v) is 1.36. The predicted octanol–water partition coefficient (Wildman–Crippen LogP) is 1.55. The van der Waals surface area contributed by atoms with E-state index < -0.39 is 0 Å². The summed E-state index contributed by atoms with van der Waals surface area (Å²) in [6.07, 6.45) is 0.852. The Bertz CT molecular complexity index is 333. The Kier molecular flexibility index (Phi) is 5.32. The number of rotatable bonds is 4. The molecule has 0 atom stereocenters. The molecule has 0 spiro atoms. The van der Waals surface area contributed by atoms with Gasteiger partial charge in [0, 0.05) is 20.1 Å². The van der Waals surface area contributed by atoms with Gasteiger partial charge in [0.05, 0.1) is 0 Å². The third kappa shape index (κ3) is 4.29. The lowest BCUT2D eigenvalue weighted by atomic mass is 10.1. The van der Waals surface area contributed by atoms with E-state index in [4.69, 9.17) is 0 Å². The van der Waals surface area contributed by atoms with Crippen molar-refractivity contribution in [1.82, 2.24) is 10.6 Å². The molecule has 0 fully saturated rings. The van der Waals surface area contributed by atoms with E-state index in [0.29, 0.717) is 0 Å². The van der Waals surface area contributed by atoms with Gasteiger partial charge < -0.3 is 10.6 Å². The highest BCUT2D eigenvalue weighted by Crippen LogP contribution is 2.02. The third-order valence-corrected chi connectivity index (χ3v) is 2.19. The summed E-state index contributed by atoms with van der Waals surface area (Å²) in [5, 5.41) is 6.29. The third-order valence-electron chi connectivity index (χ3n) is 2.19. The lowest BCUT2D eigenvalue weighted by Crippen LogP contribution is -2.38. The van der Waals surface area contributed by atoms with Crippen LogP contribution in [0.15, 0.2) is 29.3 Å². The van der Waals surface area contributed by atoms with Crippen molar-refractivity contribution < 1.29 is 4.39 Å². The zero-order chi connectivity index (χ0) is 11.8. The van der Waals surface area contributed by atoms with Crippen LogP contribution in [-0.4, -0.2) is 26.1 Å². The maximum Gasteiger partial charge on any atom is 0.190 e. The maximum atomic E-state index is 12.6. The smallest absolute Gasteiger partial charge is 0.190 e. The molecule has 0 bridgehead atoms. The quantitative estimate of drug-likeness (QED) is 0.600. The molecular formula is C12H18FN3. The molecule has 0 amide bonds. The number of aliphatic imine (C=N–C) groups is 1. The van der Waals surface area contributed by atoms with Gasteiger partial charge in [-0.1, -0.05) is 12.1 Å². The van der Waals surface area contributed by atoms with E-state index in [2.05, 4.69) is 15.6 Å². The molecule has 1 rings (SSSR count). The number of guanidine groups is 1. The van der Waals surface area contributed by atoms with Crippen LogP contribution in [0, 0.1) is 5.82 Å². The number of nitrogens with one attached hydrogen (secondary N) is 2. The lowest BCUT2D eigenvalue weighted by molar-refractivity contribution is 0.626. The van der Waals surface area contributed by atoms with Crippen LogP contribution in [0.25, 0.3) is 0 Å². The van der Waals surface area contributed by atoms with E-state index in [1.807, 2.05) is 6.92 Å². The molecule has 16 heavy (non-hydrogen) atoms. The van der Waals surface area contributed by atoms with E-state index in [0.717, 1.165) is 31.0 Å². The van der Waals surface area contributed by atoms with Gasteiger partial charge in [-0.25, -0.2) is 4.39 Å². The Labute approximate surface area is 95.8 Å². The van der Waals surface area contributed by atoms with Crippen molar-refractivity contribution in [2.24, 2.45) is 4.99 Å². The zero-order valence-corrected chi connectivity index (χ0v) is 9.76. The molecule has 0 saturated heterocycles. The number of hydrogen-bond donors (Lipinski definition) is 2. The van der Waals surface area contributed by atoms with Crippen LogP contribution in [0.1, 0.15) is 12.5 Å². The minimum Gasteiger partial charge on any atom is -0.357 e. The molecule has 1 aromatic carbocycles. The van der Waals surface area contributed by atoms with Crippen LogP contribution in [0.3, 0.4) is 0 Å². The van der Waals surface area contributed by atoms with Gasteiger partial charge in [-0.3, -0.25) is 4.99 Å². The van der Waals surface area contributed by atoms with Gasteiger partial charge in [-0.15, -0.1) is 0 Å². The van der Waals surface area contributed by atoms with Gasteiger partial charge in [0.15, 0.2) is 5.96 Å². The summed E-state index contributed by atoms with van der Waals surface area (Å²) in [6, 6.07) is 6.56. The Morgan fingerprint density at radius 2 is 1.94 bits per heavy atom. The second-order valence-electron chi connectivity index (χ2n) is 3.41. The van der Waals surface area contributed by atoms with E-state index in [-0.39, 0.29) is 5.82 Å². The summed E-state index contributed by atoms with van der Waals surface area (Å²) in [4.78, 5) is 4.06.